The Hall–Kier alpha value is -3.28. The maximum Gasteiger partial charge on any atom is 0.254 e. The van der Waals surface area contributed by atoms with E-state index in [1.54, 1.807) is 16.6 Å². The topological polar surface area (TPSA) is 55.1 Å². The number of nitrogens with zero attached hydrogens (tertiary/aromatic N) is 4. The zero-order chi connectivity index (χ0) is 16.4. The fourth-order valence-corrected chi connectivity index (χ4v) is 2.52. The van der Waals surface area contributed by atoms with Crippen LogP contribution in [-0.4, -0.2) is 19.6 Å². The van der Waals surface area contributed by atoms with Crippen LogP contribution in [0.5, 0.6) is 0 Å². The van der Waals surface area contributed by atoms with Crippen LogP contribution in [0.2, 0.25) is 0 Å². The van der Waals surface area contributed by atoms with Gasteiger partial charge >= 0.3 is 0 Å². The highest BCUT2D eigenvalue weighted by molar-refractivity contribution is 5.65. The van der Waals surface area contributed by atoms with E-state index in [2.05, 4.69) is 20.4 Å². The van der Waals surface area contributed by atoms with E-state index in [-0.39, 0.29) is 5.82 Å². The van der Waals surface area contributed by atoms with Crippen LogP contribution in [0.15, 0.2) is 67.0 Å². The molecule has 0 saturated carbocycles. The number of hydrogen-bond acceptors (Lipinski definition) is 4. The van der Waals surface area contributed by atoms with Gasteiger partial charge in [0.2, 0.25) is 0 Å². The van der Waals surface area contributed by atoms with Crippen LogP contribution in [0.4, 0.5) is 10.2 Å². The van der Waals surface area contributed by atoms with E-state index in [0.717, 1.165) is 11.3 Å². The Morgan fingerprint density at radius 1 is 1.00 bits per heavy atom. The molecule has 4 aromatic rings. The lowest BCUT2D eigenvalue weighted by atomic mass is 10.1. The van der Waals surface area contributed by atoms with E-state index in [1.165, 1.54) is 12.4 Å². The molecule has 0 aliphatic rings. The first-order valence-electron chi connectivity index (χ1n) is 7.55. The quantitative estimate of drug-likeness (QED) is 0.625. The van der Waals surface area contributed by atoms with Crippen LogP contribution < -0.4 is 5.32 Å². The Bertz CT molecular complexity index is 981. The molecular weight excluding hydrogens is 305 g/mol. The van der Waals surface area contributed by atoms with Crippen molar-refractivity contribution in [3.05, 3.63) is 78.4 Å². The van der Waals surface area contributed by atoms with E-state index < -0.39 is 0 Å². The molecule has 0 bridgehead atoms. The fraction of sp³-hybridized carbons (Fsp3) is 0.0556. The number of aromatic nitrogens is 4. The maximum atomic E-state index is 13.8. The van der Waals surface area contributed by atoms with Crippen LogP contribution in [0.25, 0.3) is 17.0 Å². The molecule has 0 amide bonds. The van der Waals surface area contributed by atoms with Crippen LogP contribution in [-0.2, 0) is 6.54 Å². The van der Waals surface area contributed by atoms with Gasteiger partial charge in [-0.2, -0.15) is 14.6 Å². The van der Waals surface area contributed by atoms with E-state index in [1.807, 2.05) is 42.5 Å². The molecule has 2 heterocycles. The van der Waals surface area contributed by atoms with Gasteiger partial charge in [-0.1, -0.05) is 48.5 Å². The van der Waals surface area contributed by atoms with Crippen LogP contribution >= 0.6 is 0 Å². The second-order valence-electron chi connectivity index (χ2n) is 5.31. The standard InChI is InChI=1S/C18H14FN5/c19-15-9-5-4-8-14(15)11-20-17-10-16(13-6-2-1-3-7-13)23-18-21-12-22-24(17)18/h1-10,12,20H,11H2. The van der Waals surface area contributed by atoms with Crippen LogP contribution in [0, 0.1) is 5.82 Å². The van der Waals surface area contributed by atoms with E-state index in [0.29, 0.717) is 23.7 Å². The van der Waals surface area contributed by atoms with Gasteiger partial charge in [-0.25, -0.2) is 9.37 Å². The highest BCUT2D eigenvalue weighted by atomic mass is 19.1. The number of halogens is 1. The lowest BCUT2D eigenvalue weighted by Gasteiger charge is -2.10. The summed E-state index contributed by atoms with van der Waals surface area (Å²) in [6, 6.07) is 18.4. The maximum absolute atomic E-state index is 13.8. The molecule has 4 rings (SSSR count). The molecule has 5 nitrogen and oxygen atoms in total. The van der Waals surface area contributed by atoms with E-state index >= 15 is 0 Å². The lowest BCUT2D eigenvalue weighted by molar-refractivity contribution is 0.612. The third-order valence-electron chi connectivity index (χ3n) is 3.74. The molecule has 2 aromatic heterocycles. The molecule has 118 valence electrons. The molecule has 0 unspecified atom stereocenters. The molecule has 1 N–H and O–H groups in total. The smallest absolute Gasteiger partial charge is 0.254 e. The summed E-state index contributed by atoms with van der Waals surface area (Å²) in [7, 11) is 0. The van der Waals surface area contributed by atoms with Gasteiger partial charge < -0.3 is 5.32 Å². The molecule has 2 aromatic carbocycles. The van der Waals surface area contributed by atoms with Gasteiger partial charge in [0.1, 0.15) is 18.0 Å². The Balaban J connectivity index is 1.71. The molecule has 0 fully saturated rings. The van der Waals surface area contributed by atoms with Crippen molar-refractivity contribution in [1.29, 1.82) is 0 Å². The van der Waals surface area contributed by atoms with Gasteiger partial charge in [-0.3, -0.25) is 0 Å². The van der Waals surface area contributed by atoms with Crippen molar-refractivity contribution in [2.75, 3.05) is 5.32 Å². The number of benzene rings is 2. The molecule has 0 saturated heterocycles. The number of rotatable bonds is 4. The summed E-state index contributed by atoms with van der Waals surface area (Å²) >= 11 is 0. The monoisotopic (exact) mass is 319 g/mol. The van der Waals surface area contributed by atoms with Gasteiger partial charge in [0, 0.05) is 23.7 Å². The van der Waals surface area contributed by atoms with Crippen molar-refractivity contribution in [2.24, 2.45) is 0 Å². The molecule has 0 radical (unpaired) electrons. The van der Waals surface area contributed by atoms with E-state index in [9.17, 15) is 4.39 Å². The van der Waals surface area contributed by atoms with Crippen molar-refractivity contribution < 1.29 is 4.39 Å². The molecule has 0 spiro atoms. The molecule has 24 heavy (non-hydrogen) atoms. The Morgan fingerprint density at radius 3 is 2.62 bits per heavy atom. The summed E-state index contributed by atoms with van der Waals surface area (Å²) in [6.07, 6.45) is 1.45. The van der Waals surface area contributed by atoms with Gasteiger partial charge in [-0.15, -0.1) is 0 Å². The first-order chi connectivity index (χ1) is 11.8. The third-order valence-corrected chi connectivity index (χ3v) is 3.74. The molecule has 0 atom stereocenters. The first kappa shape index (κ1) is 14.3. The number of hydrogen-bond donors (Lipinski definition) is 1. The Kier molecular flexibility index (Phi) is 3.63. The molecule has 0 aliphatic heterocycles. The first-order valence-corrected chi connectivity index (χ1v) is 7.55. The van der Waals surface area contributed by atoms with Crippen molar-refractivity contribution in [1.82, 2.24) is 19.6 Å². The SMILES string of the molecule is Fc1ccccc1CNc1cc(-c2ccccc2)nc2ncnn12. The van der Waals surface area contributed by atoms with Crippen molar-refractivity contribution in [3.8, 4) is 11.3 Å². The average molecular weight is 319 g/mol. The second-order valence-corrected chi connectivity index (χ2v) is 5.31. The number of nitrogens with one attached hydrogen (secondary N) is 1. The lowest BCUT2D eigenvalue weighted by Crippen LogP contribution is -2.08. The molecule has 0 aliphatic carbocycles. The summed E-state index contributed by atoms with van der Waals surface area (Å²) in [5.41, 5.74) is 2.35. The minimum atomic E-state index is -0.239. The predicted octanol–water partition coefficient (Wildman–Crippen LogP) is 3.54. The summed E-state index contributed by atoms with van der Waals surface area (Å²) < 4.78 is 15.4. The minimum Gasteiger partial charge on any atom is -0.366 e. The van der Waals surface area contributed by atoms with Crippen molar-refractivity contribution >= 4 is 11.6 Å². The summed E-state index contributed by atoms with van der Waals surface area (Å²) in [5, 5.41) is 7.40. The number of fused-ring (bicyclic) bond motifs is 1. The van der Waals surface area contributed by atoms with Crippen molar-refractivity contribution in [3.63, 3.8) is 0 Å². The fourth-order valence-electron chi connectivity index (χ4n) is 2.52. The molecule has 6 heteroatoms. The second kappa shape index (κ2) is 6.08. The van der Waals surface area contributed by atoms with Gasteiger partial charge in [-0.05, 0) is 6.07 Å². The molecular formula is C18H14FN5. The summed E-state index contributed by atoms with van der Waals surface area (Å²) in [6.45, 7) is 0.347. The third kappa shape index (κ3) is 2.69. The zero-order valence-electron chi connectivity index (χ0n) is 12.7. The largest absolute Gasteiger partial charge is 0.366 e. The normalized spacial score (nSPS) is 10.9. The highest BCUT2D eigenvalue weighted by Crippen LogP contribution is 2.21. The highest BCUT2D eigenvalue weighted by Gasteiger charge is 2.09. The summed E-state index contributed by atoms with van der Waals surface area (Å²) in [4.78, 5) is 8.68. The predicted molar refractivity (Wildman–Crippen MR) is 89.9 cm³/mol. The van der Waals surface area contributed by atoms with Gasteiger partial charge in [0.05, 0.1) is 5.69 Å². The summed E-state index contributed by atoms with van der Waals surface area (Å²) in [5.74, 6) is 0.962. The van der Waals surface area contributed by atoms with Crippen molar-refractivity contribution in [2.45, 2.75) is 6.54 Å². The number of anilines is 1. The van der Waals surface area contributed by atoms with Crippen LogP contribution in [0.3, 0.4) is 0 Å². The van der Waals surface area contributed by atoms with Gasteiger partial charge in [0.25, 0.3) is 5.78 Å². The Morgan fingerprint density at radius 2 is 1.79 bits per heavy atom. The minimum absolute atomic E-state index is 0.239. The Labute approximate surface area is 137 Å². The van der Waals surface area contributed by atoms with E-state index in [4.69, 9.17) is 0 Å². The van der Waals surface area contributed by atoms with Crippen LogP contribution in [0.1, 0.15) is 5.56 Å². The zero-order valence-corrected chi connectivity index (χ0v) is 12.7. The van der Waals surface area contributed by atoms with Gasteiger partial charge in [0.15, 0.2) is 0 Å². The average Bonchev–Trinajstić information content (AvgIpc) is 3.10.